The monoisotopic (exact) mass is 246 g/mol. The van der Waals surface area contributed by atoms with E-state index < -0.39 is 0 Å². The van der Waals surface area contributed by atoms with E-state index in [1.165, 1.54) is 36.2 Å². The first-order chi connectivity index (χ1) is 8.59. The van der Waals surface area contributed by atoms with Crippen molar-refractivity contribution < 1.29 is 0 Å². The summed E-state index contributed by atoms with van der Waals surface area (Å²) in [5, 5.41) is 3.58. The van der Waals surface area contributed by atoms with Crippen molar-refractivity contribution in [3.63, 3.8) is 0 Å². The van der Waals surface area contributed by atoms with Gasteiger partial charge in [0.2, 0.25) is 0 Å². The Bertz CT molecular complexity index is 398. The van der Waals surface area contributed by atoms with Crippen molar-refractivity contribution in [2.75, 3.05) is 23.8 Å². The summed E-state index contributed by atoms with van der Waals surface area (Å²) in [4.78, 5) is 2.43. The molecule has 1 aromatic carbocycles. The van der Waals surface area contributed by atoms with Crippen LogP contribution in [-0.2, 0) is 6.42 Å². The van der Waals surface area contributed by atoms with E-state index in [9.17, 15) is 0 Å². The zero-order chi connectivity index (χ0) is 13.1. The zero-order valence-corrected chi connectivity index (χ0v) is 12.2. The molecule has 0 radical (unpaired) electrons. The van der Waals surface area contributed by atoms with Crippen LogP contribution in [0.3, 0.4) is 0 Å². The number of nitrogens with zero attached hydrogens (tertiary/aromatic N) is 1. The van der Waals surface area contributed by atoms with Crippen molar-refractivity contribution in [2.45, 2.75) is 46.1 Å². The number of para-hydroxylation sites is 1. The van der Waals surface area contributed by atoms with Crippen LogP contribution in [-0.4, -0.2) is 19.6 Å². The van der Waals surface area contributed by atoms with Crippen molar-refractivity contribution in [1.82, 2.24) is 0 Å². The SMILES string of the molecule is CC(C)CC(C)N(C)c1cccc2c1NCCC2. The minimum Gasteiger partial charge on any atom is -0.383 e. The maximum Gasteiger partial charge on any atom is 0.0610 e. The van der Waals surface area contributed by atoms with Crippen LogP contribution >= 0.6 is 0 Å². The molecule has 0 saturated carbocycles. The van der Waals surface area contributed by atoms with Gasteiger partial charge in [0.15, 0.2) is 0 Å². The fraction of sp³-hybridized carbons (Fsp3) is 0.625. The Morgan fingerprint density at radius 1 is 1.28 bits per heavy atom. The van der Waals surface area contributed by atoms with Crippen molar-refractivity contribution in [3.05, 3.63) is 23.8 Å². The molecule has 2 heteroatoms. The van der Waals surface area contributed by atoms with Gasteiger partial charge in [-0.15, -0.1) is 0 Å². The first-order valence-electron chi connectivity index (χ1n) is 7.18. The van der Waals surface area contributed by atoms with E-state index in [2.05, 4.69) is 56.2 Å². The normalized spacial score (nSPS) is 16.1. The second-order valence-corrected chi connectivity index (χ2v) is 5.93. The van der Waals surface area contributed by atoms with Crippen LogP contribution in [0.2, 0.25) is 0 Å². The molecule has 2 nitrogen and oxygen atoms in total. The Morgan fingerprint density at radius 3 is 2.78 bits per heavy atom. The van der Waals surface area contributed by atoms with Gasteiger partial charge in [-0.3, -0.25) is 0 Å². The number of benzene rings is 1. The Balaban J connectivity index is 2.22. The van der Waals surface area contributed by atoms with Gasteiger partial charge in [-0.1, -0.05) is 26.0 Å². The van der Waals surface area contributed by atoms with E-state index in [0.29, 0.717) is 6.04 Å². The molecule has 18 heavy (non-hydrogen) atoms. The molecule has 0 aliphatic carbocycles. The highest BCUT2D eigenvalue weighted by molar-refractivity contribution is 5.74. The molecule has 1 heterocycles. The van der Waals surface area contributed by atoms with Gasteiger partial charge in [0, 0.05) is 19.6 Å². The molecule has 0 amide bonds. The van der Waals surface area contributed by atoms with Gasteiger partial charge in [-0.2, -0.15) is 0 Å². The molecule has 1 atom stereocenters. The highest BCUT2D eigenvalue weighted by Crippen LogP contribution is 2.33. The molecule has 2 rings (SSSR count). The summed E-state index contributed by atoms with van der Waals surface area (Å²) in [5.74, 6) is 0.745. The third kappa shape index (κ3) is 2.80. The van der Waals surface area contributed by atoms with E-state index in [1.807, 2.05) is 0 Å². The summed E-state index contributed by atoms with van der Waals surface area (Å²) < 4.78 is 0. The largest absolute Gasteiger partial charge is 0.383 e. The third-order valence-corrected chi connectivity index (χ3v) is 3.91. The maximum atomic E-state index is 3.58. The number of hydrogen-bond donors (Lipinski definition) is 1. The lowest BCUT2D eigenvalue weighted by atomic mass is 9.99. The molecule has 1 unspecified atom stereocenters. The van der Waals surface area contributed by atoms with Crippen LogP contribution in [0.15, 0.2) is 18.2 Å². The number of aryl methyl sites for hydroxylation is 1. The smallest absolute Gasteiger partial charge is 0.0610 e. The third-order valence-electron chi connectivity index (χ3n) is 3.91. The number of nitrogens with one attached hydrogen (secondary N) is 1. The van der Waals surface area contributed by atoms with Crippen LogP contribution in [0.4, 0.5) is 11.4 Å². The molecular weight excluding hydrogens is 220 g/mol. The molecule has 0 spiro atoms. The first-order valence-corrected chi connectivity index (χ1v) is 7.18. The van der Waals surface area contributed by atoms with E-state index in [4.69, 9.17) is 0 Å². The van der Waals surface area contributed by atoms with E-state index >= 15 is 0 Å². The lowest BCUT2D eigenvalue weighted by Crippen LogP contribution is -2.31. The standard InChI is InChI=1S/C16H26N2/c1-12(2)11-13(3)18(4)15-9-5-7-14-8-6-10-17-16(14)15/h5,7,9,12-13,17H,6,8,10-11H2,1-4H3. The molecular formula is C16H26N2. The van der Waals surface area contributed by atoms with E-state index in [0.717, 1.165) is 12.5 Å². The fourth-order valence-electron chi connectivity index (χ4n) is 2.86. The molecule has 1 aromatic rings. The Hall–Kier alpha value is -1.18. The fourth-order valence-corrected chi connectivity index (χ4v) is 2.86. The lowest BCUT2D eigenvalue weighted by Gasteiger charge is -2.32. The van der Waals surface area contributed by atoms with Gasteiger partial charge in [0.1, 0.15) is 0 Å². The molecule has 1 aliphatic rings. The molecule has 0 saturated heterocycles. The van der Waals surface area contributed by atoms with Crippen LogP contribution < -0.4 is 10.2 Å². The zero-order valence-electron chi connectivity index (χ0n) is 12.2. The molecule has 0 aromatic heterocycles. The molecule has 0 fully saturated rings. The van der Waals surface area contributed by atoms with E-state index in [-0.39, 0.29) is 0 Å². The van der Waals surface area contributed by atoms with Crippen LogP contribution in [0.25, 0.3) is 0 Å². The maximum absolute atomic E-state index is 3.58. The average molecular weight is 246 g/mol. The van der Waals surface area contributed by atoms with Crippen LogP contribution in [0, 0.1) is 5.92 Å². The summed E-state index contributed by atoms with van der Waals surface area (Å²) in [6.45, 7) is 8.02. The number of rotatable bonds is 4. The average Bonchev–Trinajstić information content (AvgIpc) is 2.36. The van der Waals surface area contributed by atoms with Crippen LogP contribution in [0.5, 0.6) is 0 Å². The minimum absolute atomic E-state index is 0.584. The van der Waals surface area contributed by atoms with Crippen molar-refractivity contribution >= 4 is 11.4 Å². The van der Waals surface area contributed by atoms with Gasteiger partial charge >= 0.3 is 0 Å². The summed E-state index contributed by atoms with van der Waals surface area (Å²) in [7, 11) is 2.22. The summed E-state index contributed by atoms with van der Waals surface area (Å²) in [6, 6.07) is 7.28. The summed E-state index contributed by atoms with van der Waals surface area (Å²) >= 11 is 0. The van der Waals surface area contributed by atoms with Crippen molar-refractivity contribution in [2.24, 2.45) is 5.92 Å². The molecule has 1 aliphatic heterocycles. The van der Waals surface area contributed by atoms with Crippen LogP contribution in [0.1, 0.15) is 39.2 Å². The highest BCUT2D eigenvalue weighted by atomic mass is 15.1. The second kappa shape index (κ2) is 5.64. The minimum atomic E-state index is 0.584. The molecule has 100 valence electrons. The molecule has 0 bridgehead atoms. The van der Waals surface area contributed by atoms with Gasteiger partial charge in [0.05, 0.1) is 11.4 Å². The van der Waals surface area contributed by atoms with Gasteiger partial charge in [-0.25, -0.2) is 0 Å². The van der Waals surface area contributed by atoms with Crippen molar-refractivity contribution in [3.8, 4) is 0 Å². The number of fused-ring (bicyclic) bond motifs is 1. The number of anilines is 2. The van der Waals surface area contributed by atoms with Crippen molar-refractivity contribution in [1.29, 1.82) is 0 Å². The summed E-state index contributed by atoms with van der Waals surface area (Å²) in [5.41, 5.74) is 4.20. The summed E-state index contributed by atoms with van der Waals surface area (Å²) in [6.07, 6.45) is 3.70. The molecule has 1 N–H and O–H groups in total. The quantitative estimate of drug-likeness (QED) is 0.866. The van der Waals surface area contributed by atoms with Gasteiger partial charge in [-0.05, 0) is 43.7 Å². The predicted molar refractivity (Wildman–Crippen MR) is 80.6 cm³/mol. The number of hydrogen-bond acceptors (Lipinski definition) is 2. The Morgan fingerprint density at radius 2 is 2.06 bits per heavy atom. The highest BCUT2D eigenvalue weighted by Gasteiger charge is 2.18. The predicted octanol–water partition coefficient (Wildman–Crippen LogP) is 3.92. The second-order valence-electron chi connectivity index (χ2n) is 5.93. The Labute approximate surface area is 111 Å². The lowest BCUT2D eigenvalue weighted by molar-refractivity contribution is 0.504. The van der Waals surface area contributed by atoms with E-state index in [1.54, 1.807) is 0 Å². The van der Waals surface area contributed by atoms with Gasteiger partial charge in [0.25, 0.3) is 0 Å². The topological polar surface area (TPSA) is 15.3 Å². The Kier molecular flexibility index (Phi) is 4.15. The first kappa shape index (κ1) is 13.3. The van der Waals surface area contributed by atoms with Gasteiger partial charge < -0.3 is 10.2 Å².